The lowest BCUT2D eigenvalue weighted by Gasteiger charge is -2.43. The number of rotatable bonds is 5. The molecule has 0 spiro atoms. The Kier molecular flexibility index (Phi) is 6.56. The average molecular weight is 421 g/mol. The van der Waals surface area contributed by atoms with E-state index in [1.165, 1.54) is 12.8 Å². The van der Waals surface area contributed by atoms with Crippen LogP contribution in [-0.4, -0.2) is 61.9 Å². The molecule has 3 fully saturated rings. The van der Waals surface area contributed by atoms with E-state index in [-0.39, 0.29) is 18.1 Å². The smallest absolute Gasteiger partial charge is 0.243 e. The third-order valence-electron chi connectivity index (χ3n) is 6.56. The Bertz CT molecular complexity index is 801. The molecule has 7 heteroatoms. The summed E-state index contributed by atoms with van der Waals surface area (Å²) in [7, 11) is -3.40. The van der Waals surface area contributed by atoms with Gasteiger partial charge in [-0.25, -0.2) is 8.42 Å². The summed E-state index contributed by atoms with van der Waals surface area (Å²) in [6.45, 7) is 2.55. The predicted molar refractivity (Wildman–Crippen MR) is 111 cm³/mol. The summed E-state index contributed by atoms with van der Waals surface area (Å²) in [5, 5.41) is 0. The Labute approximate surface area is 174 Å². The van der Waals surface area contributed by atoms with Gasteiger partial charge in [-0.05, 0) is 49.8 Å². The van der Waals surface area contributed by atoms with E-state index in [9.17, 15) is 13.2 Å². The first-order chi connectivity index (χ1) is 14.1. The van der Waals surface area contributed by atoms with Gasteiger partial charge in [0.05, 0.1) is 23.6 Å². The van der Waals surface area contributed by atoms with Gasteiger partial charge < -0.3 is 9.64 Å². The second kappa shape index (κ2) is 9.14. The molecular formula is C22H32N2O4S. The van der Waals surface area contributed by atoms with Crippen molar-refractivity contribution in [3.63, 3.8) is 0 Å². The number of ether oxygens (including phenoxy) is 1. The zero-order valence-corrected chi connectivity index (χ0v) is 17.9. The van der Waals surface area contributed by atoms with Crippen LogP contribution >= 0.6 is 0 Å². The molecule has 2 unspecified atom stereocenters. The number of sulfonamides is 1. The molecule has 1 aromatic carbocycles. The van der Waals surface area contributed by atoms with Crippen LogP contribution in [0.1, 0.15) is 56.9 Å². The van der Waals surface area contributed by atoms with Gasteiger partial charge in [-0.1, -0.05) is 31.4 Å². The predicted octanol–water partition coefficient (Wildman–Crippen LogP) is 2.96. The molecule has 2 aliphatic heterocycles. The van der Waals surface area contributed by atoms with Gasteiger partial charge in [-0.2, -0.15) is 4.31 Å². The van der Waals surface area contributed by atoms with Crippen LogP contribution in [0.3, 0.4) is 0 Å². The summed E-state index contributed by atoms with van der Waals surface area (Å²) in [6.07, 6.45) is 8.73. The van der Waals surface area contributed by atoms with Crippen molar-refractivity contribution < 1.29 is 17.9 Å². The molecule has 0 aromatic heterocycles. The highest BCUT2D eigenvalue weighted by atomic mass is 32.2. The van der Waals surface area contributed by atoms with E-state index in [0.29, 0.717) is 44.0 Å². The molecule has 1 amide bonds. The van der Waals surface area contributed by atoms with Crippen molar-refractivity contribution >= 4 is 15.9 Å². The maximum atomic E-state index is 12.8. The topological polar surface area (TPSA) is 66.9 Å². The van der Waals surface area contributed by atoms with Gasteiger partial charge in [0.2, 0.25) is 15.9 Å². The van der Waals surface area contributed by atoms with Crippen molar-refractivity contribution in [2.75, 3.05) is 26.2 Å². The zero-order chi connectivity index (χ0) is 20.3. The number of hydrogen-bond acceptors (Lipinski definition) is 4. The fourth-order valence-electron chi connectivity index (χ4n) is 4.88. The molecule has 0 N–H and O–H groups in total. The first kappa shape index (κ1) is 20.8. The van der Waals surface area contributed by atoms with Crippen molar-refractivity contribution in [3.05, 3.63) is 29.8 Å². The highest BCUT2D eigenvalue weighted by Crippen LogP contribution is 2.29. The molecule has 0 radical (unpaired) electrons. The van der Waals surface area contributed by atoms with Crippen LogP contribution < -0.4 is 0 Å². The minimum absolute atomic E-state index is 0.190. The average Bonchev–Trinajstić information content (AvgIpc) is 2.78. The van der Waals surface area contributed by atoms with Crippen molar-refractivity contribution in [3.8, 4) is 0 Å². The molecular weight excluding hydrogens is 388 g/mol. The van der Waals surface area contributed by atoms with E-state index in [0.717, 1.165) is 37.7 Å². The largest absolute Gasteiger partial charge is 0.374 e. The number of carbonyl (C=O) groups is 1. The highest BCUT2D eigenvalue weighted by molar-refractivity contribution is 7.89. The summed E-state index contributed by atoms with van der Waals surface area (Å²) in [5.74, 6) is 0.190. The maximum Gasteiger partial charge on any atom is 0.243 e. The number of carbonyl (C=O) groups excluding carboxylic acids is 1. The summed E-state index contributed by atoms with van der Waals surface area (Å²) in [4.78, 5) is 15.2. The number of amides is 1. The van der Waals surface area contributed by atoms with Crippen molar-refractivity contribution in [2.24, 2.45) is 0 Å². The molecule has 3 aliphatic rings. The summed E-state index contributed by atoms with van der Waals surface area (Å²) >= 11 is 0. The summed E-state index contributed by atoms with van der Waals surface area (Å²) < 4.78 is 33.0. The Morgan fingerprint density at radius 2 is 1.69 bits per heavy atom. The first-order valence-electron chi connectivity index (χ1n) is 11.1. The normalized spacial score (nSPS) is 26.1. The second-order valence-electron chi connectivity index (χ2n) is 8.46. The number of aryl methyl sites for hydroxylation is 1. The number of fused-ring (bicyclic) bond motifs is 1. The van der Waals surface area contributed by atoms with Crippen molar-refractivity contribution in [1.29, 1.82) is 0 Å². The molecule has 29 heavy (non-hydrogen) atoms. The lowest BCUT2D eigenvalue weighted by atomic mass is 9.90. The lowest BCUT2D eigenvalue weighted by molar-refractivity contribution is -0.149. The van der Waals surface area contributed by atoms with Gasteiger partial charge in [-0.15, -0.1) is 0 Å². The molecule has 0 bridgehead atoms. The van der Waals surface area contributed by atoms with Gasteiger partial charge in [0, 0.05) is 26.1 Å². The molecule has 1 aromatic rings. The van der Waals surface area contributed by atoms with Crippen molar-refractivity contribution in [2.45, 2.75) is 74.8 Å². The molecule has 2 heterocycles. The monoisotopic (exact) mass is 420 g/mol. The van der Waals surface area contributed by atoms with E-state index in [4.69, 9.17) is 4.74 Å². The van der Waals surface area contributed by atoms with Gasteiger partial charge >= 0.3 is 0 Å². The van der Waals surface area contributed by atoms with Crippen LogP contribution in [0.25, 0.3) is 0 Å². The van der Waals surface area contributed by atoms with E-state index in [1.807, 2.05) is 17.0 Å². The standard InChI is InChI=1S/C22H32N2O4S/c25-22(24-16-17-28-21-7-3-2-6-20(21)24)13-10-18-8-11-19(12-9-18)29(26,27)23-14-4-1-5-15-23/h8-9,11-12,20-21H,1-7,10,13-17H2. The van der Waals surface area contributed by atoms with Crippen LogP contribution in [0.15, 0.2) is 29.2 Å². The minimum Gasteiger partial charge on any atom is -0.374 e. The van der Waals surface area contributed by atoms with Gasteiger partial charge in [0.15, 0.2) is 0 Å². The summed E-state index contributed by atoms with van der Waals surface area (Å²) in [5.41, 5.74) is 1.00. The zero-order valence-electron chi connectivity index (χ0n) is 17.1. The minimum atomic E-state index is -3.40. The Morgan fingerprint density at radius 1 is 0.966 bits per heavy atom. The SMILES string of the molecule is O=C(CCc1ccc(S(=O)(=O)N2CCCCC2)cc1)N1CCOC2CCCCC21. The van der Waals surface area contributed by atoms with E-state index < -0.39 is 10.0 Å². The quantitative estimate of drug-likeness (QED) is 0.735. The third kappa shape index (κ3) is 4.67. The van der Waals surface area contributed by atoms with Crippen LogP contribution in [0.5, 0.6) is 0 Å². The molecule has 1 saturated carbocycles. The number of hydrogen-bond donors (Lipinski definition) is 0. The van der Waals surface area contributed by atoms with Crippen LogP contribution in [0.2, 0.25) is 0 Å². The number of morpholine rings is 1. The Morgan fingerprint density at radius 3 is 2.45 bits per heavy atom. The maximum absolute atomic E-state index is 12.8. The van der Waals surface area contributed by atoms with Crippen LogP contribution in [0.4, 0.5) is 0 Å². The highest BCUT2D eigenvalue weighted by Gasteiger charge is 2.36. The fourth-order valence-corrected chi connectivity index (χ4v) is 6.40. The molecule has 6 nitrogen and oxygen atoms in total. The van der Waals surface area contributed by atoms with E-state index >= 15 is 0 Å². The molecule has 2 saturated heterocycles. The van der Waals surface area contributed by atoms with Gasteiger partial charge in [0.1, 0.15) is 0 Å². The Balaban J connectivity index is 1.34. The molecule has 1 aliphatic carbocycles. The third-order valence-corrected chi connectivity index (χ3v) is 8.47. The van der Waals surface area contributed by atoms with Crippen molar-refractivity contribution in [1.82, 2.24) is 9.21 Å². The number of nitrogens with zero attached hydrogens (tertiary/aromatic N) is 2. The summed E-state index contributed by atoms with van der Waals surface area (Å²) in [6, 6.07) is 7.33. The molecule has 2 atom stereocenters. The Hall–Kier alpha value is -1.44. The number of piperidine rings is 1. The second-order valence-corrected chi connectivity index (χ2v) is 10.4. The van der Waals surface area contributed by atoms with Crippen LogP contribution in [-0.2, 0) is 26.0 Å². The van der Waals surface area contributed by atoms with Gasteiger partial charge in [-0.3, -0.25) is 4.79 Å². The van der Waals surface area contributed by atoms with E-state index in [1.54, 1.807) is 16.4 Å². The first-order valence-corrected chi connectivity index (χ1v) is 12.5. The molecule has 4 rings (SSSR count). The molecule has 160 valence electrons. The fraction of sp³-hybridized carbons (Fsp3) is 0.682. The van der Waals surface area contributed by atoms with Crippen LogP contribution in [0, 0.1) is 0 Å². The number of benzene rings is 1. The van der Waals surface area contributed by atoms with Gasteiger partial charge in [0.25, 0.3) is 0 Å². The lowest BCUT2D eigenvalue weighted by Crippen LogP contribution is -2.54. The van der Waals surface area contributed by atoms with E-state index in [2.05, 4.69) is 0 Å².